The van der Waals surface area contributed by atoms with Gasteiger partial charge in [0.05, 0.1) is 24.9 Å². The van der Waals surface area contributed by atoms with Gasteiger partial charge in [-0.25, -0.2) is 15.0 Å². The molecule has 3 fully saturated rings. The first kappa shape index (κ1) is 27.7. The molecule has 0 atom stereocenters. The number of nitrogens with zero attached hydrogens (tertiary/aromatic N) is 5. The van der Waals surface area contributed by atoms with Gasteiger partial charge in [0.25, 0.3) is 0 Å². The quantitative estimate of drug-likeness (QED) is 0.395. The zero-order valence-corrected chi connectivity index (χ0v) is 24.0. The summed E-state index contributed by atoms with van der Waals surface area (Å²) in [5, 5.41) is 7.82. The van der Waals surface area contributed by atoms with E-state index in [9.17, 15) is 4.79 Å². The third-order valence-electron chi connectivity index (χ3n) is 8.55. The number of nitrogens with one attached hydrogen (secondary N) is 2. The summed E-state index contributed by atoms with van der Waals surface area (Å²) in [5.41, 5.74) is 2.78. The molecule has 2 N–H and O–H groups in total. The van der Waals surface area contributed by atoms with Gasteiger partial charge >= 0.3 is 0 Å². The topological polar surface area (TPSA) is 105 Å². The van der Waals surface area contributed by atoms with Gasteiger partial charge in [-0.1, -0.05) is 12.8 Å². The van der Waals surface area contributed by atoms with Crippen LogP contribution in [0.5, 0.6) is 5.75 Å². The van der Waals surface area contributed by atoms with Crippen molar-refractivity contribution in [1.29, 1.82) is 0 Å². The molecule has 2 saturated heterocycles. The number of likely N-dealkylation sites (tertiary alicyclic amines) is 1. The van der Waals surface area contributed by atoms with E-state index >= 15 is 0 Å². The maximum Gasteiger partial charge on any atom is 0.225 e. The standard InChI is InChI=1S/C31H41N7O3/c1-22-18-24(6-7-28(22)41-25-8-11-38(12-9-25)31(39)23-4-2-3-5-23)36-30-26-19-29(33-20-27(26)34-21-35-30)32-10-13-37-14-16-40-17-15-37/h6-7,18-21,23,25H,2-5,8-17H2,1H3,(H,32,33)(H,34,35,36). The van der Waals surface area contributed by atoms with Crippen LogP contribution in [-0.4, -0.2) is 89.2 Å². The molecule has 3 aliphatic rings. The summed E-state index contributed by atoms with van der Waals surface area (Å²) in [6.45, 7) is 8.95. The van der Waals surface area contributed by atoms with E-state index in [1.54, 1.807) is 12.5 Å². The number of ether oxygens (including phenoxy) is 2. The van der Waals surface area contributed by atoms with Crippen molar-refractivity contribution in [2.75, 3.05) is 63.1 Å². The molecule has 1 amide bonds. The van der Waals surface area contributed by atoms with E-state index in [-0.39, 0.29) is 12.0 Å². The lowest BCUT2D eigenvalue weighted by molar-refractivity contribution is -0.137. The Hall–Kier alpha value is -3.50. The Morgan fingerprint density at radius 3 is 2.61 bits per heavy atom. The van der Waals surface area contributed by atoms with Crippen LogP contribution in [0.4, 0.5) is 17.3 Å². The molecule has 1 aromatic carbocycles. The number of rotatable bonds is 9. The average Bonchev–Trinajstić information content (AvgIpc) is 3.55. The highest BCUT2D eigenvalue weighted by molar-refractivity contribution is 5.91. The predicted molar refractivity (Wildman–Crippen MR) is 160 cm³/mol. The number of aryl methyl sites for hydroxylation is 1. The lowest BCUT2D eigenvalue weighted by atomic mass is 10.0. The fourth-order valence-corrected chi connectivity index (χ4v) is 6.12. The van der Waals surface area contributed by atoms with Crippen LogP contribution in [0.15, 0.2) is 36.8 Å². The Balaban J connectivity index is 1.05. The number of pyridine rings is 1. The van der Waals surface area contributed by atoms with E-state index in [0.717, 1.165) is 118 Å². The van der Waals surface area contributed by atoms with E-state index in [2.05, 4.69) is 48.4 Å². The summed E-state index contributed by atoms with van der Waals surface area (Å²) in [7, 11) is 0. The van der Waals surface area contributed by atoms with Crippen LogP contribution in [0, 0.1) is 12.8 Å². The predicted octanol–water partition coefficient (Wildman–Crippen LogP) is 4.38. The number of fused-ring (bicyclic) bond motifs is 1. The summed E-state index contributed by atoms with van der Waals surface area (Å²) in [6.07, 6.45) is 9.74. The smallest absolute Gasteiger partial charge is 0.225 e. The Bertz CT molecular complexity index is 1330. The number of carbonyl (C=O) groups excluding carboxylic acids is 1. The Morgan fingerprint density at radius 1 is 1.02 bits per heavy atom. The largest absolute Gasteiger partial charge is 0.490 e. The molecule has 0 radical (unpaired) electrons. The molecule has 3 aromatic rings. The second-order valence-electron chi connectivity index (χ2n) is 11.4. The van der Waals surface area contributed by atoms with Gasteiger partial charge in [0.15, 0.2) is 0 Å². The fraction of sp³-hybridized carbons (Fsp3) is 0.548. The van der Waals surface area contributed by atoms with Crippen LogP contribution in [0.3, 0.4) is 0 Å². The summed E-state index contributed by atoms with van der Waals surface area (Å²) < 4.78 is 11.8. The molecule has 4 heterocycles. The molecule has 0 unspecified atom stereocenters. The van der Waals surface area contributed by atoms with Gasteiger partial charge in [0, 0.05) is 69.1 Å². The number of hydrogen-bond donors (Lipinski definition) is 2. The van der Waals surface area contributed by atoms with Crippen molar-refractivity contribution in [2.45, 2.75) is 51.6 Å². The van der Waals surface area contributed by atoms with Crippen molar-refractivity contribution in [3.05, 3.63) is 42.4 Å². The first-order valence-electron chi connectivity index (χ1n) is 15.1. The monoisotopic (exact) mass is 559 g/mol. The summed E-state index contributed by atoms with van der Waals surface area (Å²) in [4.78, 5) is 30.7. The first-order chi connectivity index (χ1) is 20.1. The molecule has 2 aromatic heterocycles. The maximum absolute atomic E-state index is 12.8. The minimum atomic E-state index is 0.132. The third kappa shape index (κ3) is 6.87. The highest BCUT2D eigenvalue weighted by Crippen LogP contribution is 2.31. The second-order valence-corrected chi connectivity index (χ2v) is 11.4. The number of anilines is 3. The molecular formula is C31H41N7O3. The number of hydrogen-bond acceptors (Lipinski definition) is 9. The van der Waals surface area contributed by atoms with Crippen molar-refractivity contribution in [1.82, 2.24) is 24.8 Å². The molecule has 1 aliphatic carbocycles. The van der Waals surface area contributed by atoms with Crippen LogP contribution in [-0.2, 0) is 9.53 Å². The Morgan fingerprint density at radius 2 is 1.83 bits per heavy atom. The maximum atomic E-state index is 12.8. The van der Waals surface area contributed by atoms with E-state index in [1.807, 2.05) is 18.2 Å². The number of morpholine rings is 1. The molecule has 0 bridgehead atoms. The van der Waals surface area contributed by atoms with Gasteiger partial charge in [-0.05, 0) is 49.6 Å². The SMILES string of the molecule is Cc1cc(Nc2ncnc3cnc(NCCN4CCOCC4)cc23)ccc1OC1CCN(C(=O)C2CCCC2)CC1. The summed E-state index contributed by atoms with van der Waals surface area (Å²) >= 11 is 0. The van der Waals surface area contributed by atoms with Gasteiger partial charge in [-0.2, -0.15) is 0 Å². The van der Waals surface area contributed by atoms with Crippen LogP contribution in [0.1, 0.15) is 44.1 Å². The van der Waals surface area contributed by atoms with Crippen LogP contribution >= 0.6 is 0 Å². The van der Waals surface area contributed by atoms with Crippen molar-refractivity contribution < 1.29 is 14.3 Å². The average molecular weight is 560 g/mol. The number of benzene rings is 1. The van der Waals surface area contributed by atoms with Gasteiger partial charge < -0.3 is 25.0 Å². The molecular weight excluding hydrogens is 518 g/mol. The molecule has 10 heteroatoms. The molecule has 6 rings (SSSR count). The number of carbonyl (C=O) groups is 1. The summed E-state index contributed by atoms with van der Waals surface area (Å²) in [5.74, 6) is 3.04. The van der Waals surface area contributed by atoms with E-state index in [0.29, 0.717) is 5.91 Å². The Labute approximate surface area is 241 Å². The minimum absolute atomic E-state index is 0.132. The van der Waals surface area contributed by atoms with Crippen molar-refractivity contribution in [3.63, 3.8) is 0 Å². The highest BCUT2D eigenvalue weighted by Gasteiger charge is 2.30. The van der Waals surface area contributed by atoms with Crippen LogP contribution < -0.4 is 15.4 Å². The normalized spacial score (nSPS) is 19.0. The van der Waals surface area contributed by atoms with Crippen molar-refractivity contribution in [3.8, 4) is 5.75 Å². The lowest BCUT2D eigenvalue weighted by Crippen LogP contribution is -2.44. The molecule has 2 aliphatic heterocycles. The number of amides is 1. The lowest BCUT2D eigenvalue weighted by Gasteiger charge is -2.34. The van der Waals surface area contributed by atoms with Gasteiger partial charge in [0.1, 0.15) is 29.8 Å². The molecule has 10 nitrogen and oxygen atoms in total. The number of piperidine rings is 1. The van der Waals surface area contributed by atoms with Crippen molar-refractivity contribution >= 4 is 34.1 Å². The molecule has 218 valence electrons. The van der Waals surface area contributed by atoms with Gasteiger partial charge in [0.2, 0.25) is 5.91 Å². The van der Waals surface area contributed by atoms with Crippen LogP contribution in [0.2, 0.25) is 0 Å². The third-order valence-corrected chi connectivity index (χ3v) is 8.55. The molecule has 1 saturated carbocycles. The summed E-state index contributed by atoms with van der Waals surface area (Å²) in [6, 6.07) is 8.14. The molecule has 0 spiro atoms. The van der Waals surface area contributed by atoms with Crippen molar-refractivity contribution in [2.24, 2.45) is 5.92 Å². The Kier molecular flexibility index (Phi) is 8.77. The molecule has 41 heavy (non-hydrogen) atoms. The fourth-order valence-electron chi connectivity index (χ4n) is 6.12. The second kappa shape index (κ2) is 13.0. The van der Waals surface area contributed by atoms with Gasteiger partial charge in [-0.3, -0.25) is 9.69 Å². The van der Waals surface area contributed by atoms with E-state index in [1.165, 1.54) is 12.8 Å². The van der Waals surface area contributed by atoms with E-state index in [4.69, 9.17) is 9.47 Å². The van der Waals surface area contributed by atoms with E-state index < -0.39 is 0 Å². The van der Waals surface area contributed by atoms with Gasteiger partial charge in [-0.15, -0.1) is 0 Å². The van der Waals surface area contributed by atoms with Crippen LogP contribution in [0.25, 0.3) is 10.9 Å². The minimum Gasteiger partial charge on any atom is -0.490 e. The zero-order valence-electron chi connectivity index (χ0n) is 24.0. The zero-order chi connectivity index (χ0) is 28.0. The highest BCUT2D eigenvalue weighted by atomic mass is 16.5. The number of aromatic nitrogens is 3. The first-order valence-corrected chi connectivity index (χ1v) is 15.1.